The Morgan fingerprint density at radius 3 is 2.85 bits per heavy atom. The molecule has 4 rings (SSSR count). The molecule has 136 valence electrons. The maximum atomic E-state index is 13.7. The Morgan fingerprint density at radius 1 is 1.27 bits per heavy atom. The average Bonchev–Trinajstić information content (AvgIpc) is 3.21. The van der Waals surface area contributed by atoms with Crippen molar-refractivity contribution in [2.45, 2.75) is 31.1 Å². The summed E-state index contributed by atoms with van der Waals surface area (Å²) in [7, 11) is 0. The molecule has 6 nitrogen and oxygen atoms in total. The van der Waals surface area contributed by atoms with Crippen molar-refractivity contribution in [2.75, 3.05) is 5.73 Å². The van der Waals surface area contributed by atoms with E-state index in [0.717, 1.165) is 5.39 Å². The number of rotatable bonds is 3. The highest BCUT2D eigenvalue weighted by Gasteiger charge is 2.38. The van der Waals surface area contributed by atoms with E-state index < -0.39 is 18.0 Å². The van der Waals surface area contributed by atoms with Crippen LogP contribution in [0, 0.1) is 11.7 Å². The minimum atomic E-state index is -0.886. The lowest BCUT2D eigenvalue weighted by atomic mass is 9.94. The molecule has 1 fully saturated rings. The van der Waals surface area contributed by atoms with Crippen molar-refractivity contribution in [3.8, 4) is 0 Å². The van der Waals surface area contributed by atoms with Gasteiger partial charge in [-0.25, -0.2) is 14.4 Å². The number of aliphatic hydroxyl groups excluding tert-OH is 2. The number of aromatic nitrogens is 3. The number of aliphatic hydroxyl groups is 2. The van der Waals surface area contributed by atoms with Gasteiger partial charge in [0.1, 0.15) is 23.6 Å². The molecule has 4 N–H and O–H groups in total. The number of anilines is 1. The molecule has 4 atom stereocenters. The Bertz CT molecular complexity index is 964. The Hall–Kier alpha value is -2.22. The standard InChI is InChI=1S/C18H18ClFN4O2/c19-12-2-1-9(5-13(12)20)16(26)10-6-14(15(25)7-10)24-4-3-11-17(21)22-8-23-18(11)24/h1-5,8,10,14-16,25-26H,6-7H2,(H2,21,22,23)/t10-,14+,15+,16+/m0/s1. The molecule has 1 aliphatic carbocycles. The predicted molar refractivity (Wildman–Crippen MR) is 96.1 cm³/mol. The highest BCUT2D eigenvalue weighted by molar-refractivity contribution is 6.30. The summed E-state index contributed by atoms with van der Waals surface area (Å²) < 4.78 is 15.6. The zero-order valence-electron chi connectivity index (χ0n) is 13.8. The number of hydrogen-bond acceptors (Lipinski definition) is 5. The SMILES string of the molecule is Nc1ncnc2c1ccn2[C@@H]1C[C@H]([C@H](O)c2ccc(Cl)c(F)c2)C[C@H]1O. The van der Waals surface area contributed by atoms with Crippen LogP contribution in [0.3, 0.4) is 0 Å². The maximum Gasteiger partial charge on any atom is 0.145 e. The van der Waals surface area contributed by atoms with Crippen LogP contribution in [-0.2, 0) is 0 Å². The third-order valence-corrected chi connectivity index (χ3v) is 5.47. The number of halogens is 2. The van der Waals surface area contributed by atoms with Gasteiger partial charge in [-0.1, -0.05) is 17.7 Å². The molecule has 2 heterocycles. The van der Waals surface area contributed by atoms with Crippen LogP contribution in [0.4, 0.5) is 10.2 Å². The molecule has 1 saturated carbocycles. The van der Waals surface area contributed by atoms with Crippen LogP contribution >= 0.6 is 11.6 Å². The second-order valence-corrected chi connectivity index (χ2v) is 7.11. The van der Waals surface area contributed by atoms with E-state index in [-0.39, 0.29) is 17.0 Å². The van der Waals surface area contributed by atoms with E-state index in [1.807, 2.05) is 16.8 Å². The van der Waals surface area contributed by atoms with E-state index in [9.17, 15) is 14.6 Å². The summed E-state index contributed by atoms with van der Waals surface area (Å²) >= 11 is 5.70. The van der Waals surface area contributed by atoms with Crippen molar-refractivity contribution < 1.29 is 14.6 Å². The number of nitrogens with two attached hydrogens (primary N) is 1. The smallest absolute Gasteiger partial charge is 0.145 e. The van der Waals surface area contributed by atoms with Gasteiger partial charge in [-0.3, -0.25) is 0 Å². The fourth-order valence-corrected chi connectivity index (χ4v) is 3.93. The summed E-state index contributed by atoms with van der Waals surface area (Å²) in [6.45, 7) is 0. The van der Waals surface area contributed by atoms with E-state index in [4.69, 9.17) is 17.3 Å². The Morgan fingerprint density at radius 2 is 2.08 bits per heavy atom. The van der Waals surface area contributed by atoms with Crippen LogP contribution in [0.15, 0.2) is 36.8 Å². The van der Waals surface area contributed by atoms with Crippen LogP contribution in [0.2, 0.25) is 5.02 Å². The number of benzene rings is 1. The third-order valence-electron chi connectivity index (χ3n) is 5.16. The monoisotopic (exact) mass is 376 g/mol. The molecule has 0 unspecified atom stereocenters. The van der Waals surface area contributed by atoms with Crippen LogP contribution in [0.5, 0.6) is 0 Å². The van der Waals surface area contributed by atoms with Crippen LogP contribution in [-0.4, -0.2) is 30.9 Å². The fraction of sp³-hybridized carbons (Fsp3) is 0.333. The zero-order valence-corrected chi connectivity index (χ0v) is 14.5. The molecule has 0 spiro atoms. The summed E-state index contributed by atoms with van der Waals surface area (Å²) in [5.41, 5.74) is 6.97. The van der Waals surface area contributed by atoms with E-state index in [0.29, 0.717) is 29.9 Å². The molecular weight excluding hydrogens is 359 g/mol. The van der Waals surface area contributed by atoms with Gasteiger partial charge < -0.3 is 20.5 Å². The molecule has 0 amide bonds. The van der Waals surface area contributed by atoms with Gasteiger partial charge in [0.05, 0.1) is 28.7 Å². The van der Waals surface area contributed by atoms with E-state index >= 15 is 0 Å². The first-order valence-corrected chi connectivity index (χ1v) is 8.71. The minimum Gasteiger partial charge on any atom is -0.391 e. The first kappa shape index (κ1) is 17.2. The molecule has 8 heteroatoms. The van der Waals surface area contributed by atoms with E-state index in [1.165, 1.54) is 18.5 Å². The predicted octanol–water partition coefficient (Wildman–Crippen LogP) is 2.85. The van der Waals surface area contributed by atoms with Crippen LogP contribution < -0.4 is 5.73 Å². The van der Waals surface area contributed by atoms with Crippen molar-refractivity contribution in [1.29, 1.82) is 0 Å². The van der Waals surface area contributed by atoms with Gasteiger partial charge in [0.25, 0.3) is 0 Å². The Labute approximate surface area is 154 Å². The second-order valence-electron chi connectivity index (χ2n) is 6.70. The summed E-state index contributed by atoms with van der Waals surface area (Å²) in [5.74, 6) is -0.399. The molecular formula is C18H18ClFN4O2. The van der Waals surface area contributed by atoms with Gasteiger partial charge in [-0.05, 0) is 42.5 Å². The normalized spacial score (nSPS) is 24.2. The largest absolute Gasteiger partial charge is 0.391 e. The minimum absolute atomic E-state index is 0.0152. The zero-order chi connectivity index (χ0) is 18.4. The first-order valence-electron chi connectivity index (χ1n) is 8.34. The molecule has 2 aromatic heterocycles. The lowest BCUT2D eigenvalue weighted by Crippen LogP contribution is -2.17. The van der Waals surface area contributed by atoms with Gasteiger partial charge in [0, 0.05) is 6.20 Å². The number of hydrogen-bond donors (Lipinski definition) is 3. The van der Waals surface area contributed by atoms with Crippen molar-refractivity contribution in [3.05, 3.63) is 53.2 Å². The van der Waals surface area contributed by atoms with E-state index in [1.54, 1.807) is 6.07 Å². The summed E-state index contributed by atoms with van der Waals surface area (Å²) in [5, 5.41) is 21.9. The maximum absolute atomic E-state index is 13.7. The number of fused-ring (bicyclic) bond motifs is 1. The quantitative estimate of drug-likeness (QED) is 0.653. The molecule has 1 aromatic carbocycles. The molecule has 0 aliphatic heterocycles. The van der Waals surface area contributed by atoms with Gasteiger partial charge in [0.15, 0.2) is 0 Å². The molecule has 26 heavy (non-hydrogen) atoms. The molecule has 1 aliphatic rings. The van der Waals surface area contributed by atoms with Crippen molar-refractivity contribution >= 4 is 28.5 Å². The highest BCUT2D eigenvalue weighted by Crippen LogP contribution is 2.43. The van der Waals surface area contributed by atoms with Gasteiger partial charge in [-0.15, -0.1) is 0 Å². The lowest BCUT2D eigenvalue weighted by Gasteiger charge is -2.19. The van der Waals surface area contributed by atoms with Gasteiger partial charge >= 0.3 is 0 Å². The molecule has 0 saturated heterocycles. The van der Waals surface area contributed by atoms with Gasteiger partial charge in [-0.2, -0.15) is 0 Å². The fourth-order valence-electron chi connectivity index (χ4n) is 3.81. The lowest BCUT2D eigenvalue weighted by molar-refractivity contribution is 0.0956. The number of nitrogens with zero attached hydrogens (tertiary/aromatic N) is 3. The highest BCUT2D eigenvalue weighted by atomic mass is 35.5. The topological polar surface area (TPSA) is 97.2 Å². The van der Waals surface area contributed by atoms with Gasteiger partial charge in [0.2, 0.25) is 0 Å². The molecule has 0 bridgehead atoms. The average molecular weight is 377 g/mol. The Kier molecular flexibility index (Phi) is 4.30. The van der Waals surface area contributed by atoms with E-state index in [2.05, 4.69) is 9.97 Å². The second kappa shape index (κ2) is 6.50. The molecule has 3 aromatic rings. The molecule has 0 radical (unpaired) electrons. The summed E-state index contributed by atoms with van der Waals surface area (Å²) in [6.07, 6.45) is 2.59. The van der Waals surface area contributed by atoms with Crippen molar-refractivity contribution in [2.24, 2.45) is 5.92 Å². The van der Waals surface area contributed by atoms with Crippen LogP contribution in [0.25, 0.3) is 11.0 Å². The van der Waals surface area contributed by atoms with Crippen molar-refractivity contribution in [3.63, 3.8) is 0 Å². The Balaban J connectivity index is 1.61. The first-order chi connectivity index (χ1) is 12.5. The summed E-state index contributed by atoms with van der Waals surface area (Å²) in [4.78, 5) is 8.23. The number of nitrogen functional groups attached to an aromatic ring is 1. The third kappa shape index (κ3) is 2.82. The van der Waals surface area contributed by atoms with Crippen LogP contribution in [0.1, 0.15) is 30.6 Å². The summed E-state index contributed by atoms with van der Waals surface area (Å²) in [6, 6.07) is 5.84. The van der Waals surface area contributed by atoms with Crippen molar-refractivity contribution in [1.82, 2.24) is 14.5 Å².